The number of para-hydroxylation sites is 1. The van der Waals surface area contributed by atoms with Crippen molar-refractivity contribution in [2.45, 2.75) is 51.2 Å². The van der Waals surface area contributed by atoms with Gasteiger partial charge in [0.25, 0.3) is 0 Å². The highest BCUT2D eigenvalue weighted by atomic mass is 16.3. The van der Waals surface area contributed by atoms with Crippen molar-refractivity contribution in [1.82, 2.24) is 10.2 Å². The molecule has 106 valence electrons. The topological polar surface area (TPSA) is 35.5 Å². The molecule has 0 heterocycles. The predicted molar refractivity (Wildman–Crippen MR) is 79.4 cm³/mol. The van der Waals surface area contributed by atoms with Gasteiger partial charge >= 0.3 is 0 Å². The van der Waals surface area contributed by atoms with Gasteiger partial charge in [0.15, 0.2) is 0 Å². The number of nitrogens with one attached hydrogen (secondary N) is 1. The Morgan fingerprint density at radius 2 is 2.05 bits per heavy atom. The molecule has 0 radical (unpaired) electrons. The van der Waals surface area contributed by atoms with E-state index in [1.54, 1.807) is 6.07 Å². The van der Waals surface area contributed by atoms with Gasteiger partial charge in [-0.1, -0.05) is 25.1 Å². The van der Waals surface area contributed by atoms with E-state index in [1.807, 2.05) is 18.2 Å². The monoisotopic (exact) mass is 262 g/mol. The van der Waals surface area contributed by atoms with Gasteiger partial charge in [0.05, 0.1) is 0 Å². The largest absolute Gasteiger partial charge is 0.508 e. The lowest BCUT2D eigenvalue weighted by molar-refractivity contribution is 0.234. The molecule has 2 atom stereocenters. The SMILES string of the molecule is CCC(NCC(C)N(C)C1CC1)c1ccccc1O. The van der Waals surface area contributed by atoms with Gasteiger partial charge in [-0.2, -0.15) is 0 Å². The first-order valence-corrected chi connectivity index (χ1v) is 7.36. The minimum absolute atomic E-state index is 0.233. The molecule has 2 unspecified atom stereocenters. The highest BCUT2D eigenvalue weighted by molar-refractivity contribution is 5.34. The van der Waals surface area contributed by atoms with Gasteiger partial charge in [0, 0.05) is 30.2 Å². The van der Waals surface area contributed by atoms with E-state index in [-0.39, 0.29) is 6.04 Å². The van der Waals surface area contributed by atoms with E-state index in [0.717, 1.165) is 24.6 Å². The number of phenolic OH excluding ortho intramolecular Hbond substituents is 1. The average Bonchev–Trinajstić information content (AvgIpc) is 3.24. The Morgan fingerprint density at radius 3 is 2.63 bits per heavy atom. The third-order valence-electron chi connectivity index (χ3n) is 4.20. The molecule has 1 aliphatic carbocycles. The molecule has 1 aromatic carbocycles. The van der Waals surface area contributed by atoms with Crippen molar-refractivity contribution in [3.8, 4) is 5.75 Å². The van der Waals surface area contributed by atoms with Crippen LogP contribution < -0.4 is 5.32 Å². The zero-order valence-corrected chi connectivity index (χ0v) is 12.3. The van der Waals surface area contributed by atoms with Crippen LogP contribution in [0, 0.1) is 0 Å². The minimum atomic E-state index is 0.233. The number of rotatable bonds is 7. The Hall–Kier alpha value is -1.06. The molecule has 1 aliphatic rings. The lowest BCUT2D eigenvalue weighted by Gasteiger charge is -2.27. The first-order chi connectivity index (χ1) is 9.13. The summed E-state index contributed by atoms with van der Waals surface area (Å²) in [7, 11) is 2.21. The first kappa shape index (κ1) is 14.4. The van der Waals surface area contributed by atoms with Gasteiger partial charge < -0.3 is 10.4 Å². The van der Waals surface area contributed by atoms with Crippen LogP contribution in [0.25, 0.3) is 0 Å². The van der Waals surface area contributed by atoms with Gasteiger partial charge in [0.2, 0.25) is 0 Å². The summed E-state index contributed by atoms with van der Waals surface area (Å²) < 4.78 is 0. The van der Waals surface area contributed by atoms with Gasteiger partial charge in [-0.3, -0.25) is 4.90 Å². The Bertz CT molecular complexity index is 403. The van der Waals surface area contributed by atoms with Crippen LogP contribution in [0.1, 0.15) is 44.7 Å². The number of hydrogen-bond donors (Lipinski definition) is 2. The molecule has 3 heteroatoms. The second-order valence-corrected chi connectivity index (χ2v) is 5.67. The molecule has 19 heavy (non-hydrogen) atoms. The van der Waals surface area contributed by atoms with Crippen molar-refractivity contribution in [2.24, 2.45) is 0 Å². The van der Waals surface area contributed by atoms with Crippen molar-refractivity contribution in [2.75, 3.05) is 13.6 Å². The number of nitrogens with zero attached hydrogens (tertiary/aromatic N) is 1. The first-order valence-electron chi connectivity index (χ1n) is 7.36. The summed E-state index contributed by atoms with van der Waals surface area (Å²) in [5.74, 6) is 0.394. The smallest absolute Gasteiger partial charge is 0.120 e. The van der Waals surface area contributed by atoms with Crippen molar-refractivity contribution in [3.05, 3.63) is 29.8 Å². The molecule has 0 aliphatic heterocycles. The van der Waals surface area contributed by atoms with Crippen LogP contribution in [0.5, 0.6) is 5.75 Å². The Kier molecular flexibility index (Phi) is 4.83. The van der Waals surface area contributed by atoms with Gasteiger partial charge in [0.1, 0.15) is 5.75 Å². The zero-order valence-electron chi connectivity index (χ0n) is 12.3. The summed E-state index contributed by atoms with van der Waals surface area (Å²) in [6.07, 6.45) is 3.67. The fraction of sp³-hybridized carbons (Fsp3) is 0.625. The van der Waals surface area contributed by atoms with Crippen LogP contribution in [-0.2, 0) is 0 Å². The third-order valence-corrected chi connectivity index (χ3v) is 4.20. The van der Waals surface area contributed by atoms with Crippen LogP contribution in [0.2, 0.25) is 0 Å². The maximum absolute atomic E-state index is 9.93. The molecule has 2 rings (SSSR count). The number of phenols is 1. The predicted octanol–water partition coefficient (Wildman–Crippen LogP) is 2.92. The van der Waals surface area contributed by atoms with E-state index < -0.39 is 0 Å². The third kappa shape index (κ3) is 3.71. The van der Waals surface area contributed by atoms with Gasteiger partial charge in [-0.05, 0) is 39.3 Å². The van der Waals surface area contributed by atoms with E-state index in [4.69, 9.17) is 0 Å². The fourth-order valence-corrected chi connectivity index (χ4v) is 2.55. The summed E-state index contributed by atoms with van der Waals surface area (Å²) in [5.41, 5.74) is 1.01. The van der Waals surface area contributed by atoms with Crippen LogP contribution in [0.3, 0.4) is 0 Å². The van der Waals surface area contributed by atoms with Crippen molar-refractivity contribution >= 4 is 0 Å². The van der Waals surface area contributed by atoms with Crippen molar-refractivity contribution in [3.63, 3.8) is 0 Å². The Balaban J connectivity index is 1.90. The summed E-state index contributed by atoms with van der Waals surface area (Å²) in [6.45, 7) is 5.38. The average molecular weight is 262 g/mol. The van der Waals surface area contributed by atoms with Gasteiger partial charge in [-0.25, -0.2) is 0 Å². The quantitative estimate of drug-likeness (QED) is 0.793. The van der Waals surface area contributed by atoms with E-state index in [0.29, 0.717) is 11.8 Å². The molecule has 2 N–H and O–H groups in total. The van der Waals surface area contributed by atoms with Crippen molar-refractivity contribution in [1.29, 1.82) is 0 Å². The number of likely N-dealkylation sites (N-methyl/N-ethyl adjacent to an activating group) is 1. The summed E-state index contributed by atoms with van der Waals surface area (Å²) in [6, 6.07) is 9.19. The molecule has 0 aromatic heterocycles. The zero-order chi connectivity index (χ0) is 13.8. The molecule has 0 saturated heterocycles. The van der Waals surface area contributed by atoms with E-state index >= 15 is 0 Å². The summed E-state index contributed by atoms with van der Waals surface area (Å²) in [5, 5.41) is 13.5. The van der Waals surface area contributed by atoms with E-state index in [1.165, 1.54) is 12.8 Å². The van der Waals surface area contributed by atoms with Crippen LogP contribution in [0.15, 0.2) is 24.3 Å². The summed E-state index contributed by atoms with van der Waals surface area (Å²) in [4.78, 5) is 2.46. The fourth-order valence-electron chi connectivity index (χ4n) is 2.55. The standard InChI is InChI=1S/C16H26N2O/c1-4-15(14-7-5-6-8-16(14)19)17-11-12(2)18(3)13-9-10-13/h5-8,12-13,15,17,19H,4,9-11H2,1-3H3. The molecule has 1 aromatic rings. The number of aromatic hydroxyl groups is 1. The lowest BCUT2D eigenvalue weighted by atomic mass is 10.0. The number of benzene rings is 1. The summed E-state index contributed by atoms with van der Waals surface area (Å²) >= 11 is 0. The Labute approximate surface area is 116 Å². The van der Waals surface area contributed by atoms with E-state index in [9.17, 15) is 5.11 Å². The van der Waals surface area contributed by atoms with Crippen LogP contribution in [-0.4, -0.2) is 35.7 Å². The second kappa shape index (κ2) is 6.40. The maximum Gasteiger partial charge on any atom is 0.120 e. The molecular formula is C16H26N2O. The maximum atomic E-state index is 9.93. The Morgan fingerprint density at radius 1 is 1.37 bits per heavy atom. The van der Waals surface area contributed by atoms with Crippen LogP contribution >= 0.6 is 0 Å². The van der Waals surface area contributed by atoms with Gasteiger partial charge in [-0.15, -0.1) is 0 Å². The molecule has 1 saturated carbocycles. The molecule has 3 nitrogen and oxygen atoms in total. The van der Waals surface area contributed by atoms with E-state index in [2.05, 4.69) is 31.1 Å². The highest BCUT2D eigenvalue weighted by Crippen LogP contribution is 2.28. The normalized spacial score (nSPS) is 18.5. The molecule has 0 spiro atoms. The highest BCUT2D eigenvalue weighted by Gasteiger charge is 2.29. The number of hydrogen-bond acceptors (Lipinski definition) is 3. The van der Waals surface area contributed by atoms with Crippen LogP contribution in [0.4, 0.5) is 0 Å². The molecular weight excluding hydrogens is 236 g/mol. The minimum Gasteiger partial charge on any atom is -0.508 e. The van der Waals surface area contributed by atoms with Crippen molar-refractivity contribution < 1.29 is 5.11 Å². The molecule has 0 bridgehead atoms. The molecule has 0 amide bonds. The molecule has 1 fully saturated rings. The lowest BCUT2D eigenvalue weighted by Crippen LogP contribution is -2.40. The second-order valence-electron chi connectivity index (χ2n) is 5.67.